The van der Waals surface area contributed by atoms with E-state index in [0.29, 0.717) is 24.1 Å². The highest BCUT2D eigenvalue weighted by Gasteiger charge is 2.28. The standard InChI is InChI=1S/C19H30N4O4S/c1-12(2)14-10-15(17(25)11-16(14)24)18-20-21-19(23(18)13(3)4)28(26,27)9-7-8-22(5)6/h10-13,24-25H,7-9H2,1-6H3. The molecule has 0 amide bonds. The van der Waals surface area contributed by atoms with Gasteiger partial charge >= 0.3 is 0 Å². The van der Waals surface area contributed by atoms with Gasteiger partial charge in [-0.2, -0.15) is 0 Å². The molecule has 0 saturated heterocycles. The number of phenolic OH excluding ortho intramolecular Hbond substituents is 2. The summed E-state index contributed by atoms with van der Waals surface area (Å²) in [6, 6.07) is 2.66. The fraction of sp³-hybridized carbons (Fsp3) is 0.579. The molecule has 28 heavy (non-hydrogen) atoms. The van der Waals surface area contributed by atoms with Crippen molar-refractivity contribution in [1.82, 2.24) is 19.7 Å². The number of benzene rings is 1. The third-order valence-corrected chi connectivity index (χ3v) is 6.15. The molecular weight excluding hydrogens is 380 g/mol. The van der Waals surface area contributed by atoms with Crippen LogP contribution >= 0.6 is 0 Å². The summed E-state index contributed by atoms with van der Waals surface area (Å²) in [6.07, 6.45) is 0.484. The summed E-state index contributed by atoms with van der Waals surface area (Å²) < 4.78 is 27.2. The van der Waals surface area contributed by atoms with Crippen LogP contribution in [0, 0.1) is 0 Å². The van der Waals surface area contributed by atoms with Gasteiger partial charge in [0.1, 0.15) is 11.5 Å². The van der Waals surface area contributed by atoms with Crippen molar-refractivity contribution in [3.63, 3.8) is 0 Å². The van der Waals surface area contributed by atoms with Crippen LogP contribution < -0.4 is 0 Å². The van der Waals surface area contributed by atoms with Crippen molar-refractivity contribution in [2.75, 3.05) is 26.4 Å². The number of aromatic hydroxyl groups is 2. The Hall–Kier alpha value is -2.13. The molecule has 0 aliphatic rings. The predicted molar refractivity (Wildman–Crippen MR) is 108 cm³/mol. The molecule has 0 saturated carbocycles. The molecule has 0 aliphatic heterocycles. The number of hydrogen-bond acceptors (Lipinski definition) is 7. The topological polar surface area (TPSA) is 109 Å². The van der Waals surface area contributed by atoms with Crippen molar-refractivity contribution >= 4 is 9.84 Å². The van der Waals surface area contributed by atoms with Gasteiger partial charge in [0.05, 0.1) is 11.3 Å². The molecule has 9 heteroatoms. The maximum Gasteiger partial charge on any atom is 0.250 e. The predicted octanol–water partition coefficient (Wildman–Crippen LogP) is 2.79. The summed E-state index contributed by atoms with van der Waals surface area (Å²) in [4.78, 5) is 1.93. The van der Waals surface area contributed by atoms with E-state index in [1.54, 1.807) is 6.07 Å². The molecule has 2 aromatic rings. The SMILES string of the molecule is CC(C)c1cc(-c2nnc(S(=O)(=O)CCCN(C)C)n2C(C)C)c(O)cc1O. The van der Waals surface area contributed by atoms with Gasteiger partial charge in [-0.15, -0.1) is 10.2 Å². The molecule has 0 atom stereocenters. The molecule has 0 fully saturated rings. The molecule has 156 valence electrons. The van der Waals surface area contributed by atoms with Crippen molar-refractivity contribution in [3.05, 3.63) is 17.7 Å². The lowest BCUT2D eigenvalue weighted by Crippen LogP contribution is -2.20. The smallest absolute Gasteiger partial charge is 0.250 e. The minimum absolute atomic E-state index is 0.0107. The van der Waals surface area contributed by atoms with Gasteiger partial charge in [0.25, 0.3) is 0 Å². The van der Waals surface area contributed by atoms with Crippen LogP contribution in [0.3, 0.4) is 0 Å². The van der Waals surface area contributed by atoms with Crippen LogP contribution in [0.25, 0.3) is 11.4 Å². The van der Waals surface area contributed by atoms with Crippen LogP contribution in [-0.2, 0) is 9.84 Å². The summed E-state index contributed by atoms with van der Waals surface area (Å²) in [5, 5.41) is 28.4. The second kappa shape index (κ2) is 8.48. The Bertz CT molecular complexity index is 934. The van der Waals surface area contributed by atoms with E-state index in [1.165, 1.54) is 10.6 Å². The van der Waals surface area contributed by atoms with E-state index in [-0.39, 0.29) is 40.2 Å². The highest BCUT2D eigenvalue weighted by molar-refractivity contribution is 7.91. The summed E-state index contributed by atoms with van der Waals surface area (Å²) in [7, 11) is 0.146. The zero-order valence-corrected chi connectivity index (χ0v) is 18.2. The van der Waals surface area contributed by atoms with Crippen LogP contribution in [0.15, 0.2) is 17.3 Å². The zero-order chi connectivity index (χ0) is 21.2. The molecule has 8 nitrogen and oxygen atoms in total. The molecule has 1 aromatic carbocycles. The first-order valence-corrected chi connectivity index (χ1v) is 11.0. The summed E-state index contributed by atoms with van der Waals surface area (Å²) in [5.74, 6) is 0.0650. The van der Waals surface area contributed by atoms with Gasteiger partial charge in [0.15, 0.2) is 5.82 Å². The molecule has 0 unspecified atom stereocenters. The zero-order valence-electron chi connectivity index (χ0n) is 17.3. The molecule has 0 spiro atoms. The Morgan fingerprint density at radius 1 is 1.07 bits per heavy atom. The Kier molecular flexibility index (Phi) is 6.71. The number of rotatable bonds is 8. The monoisotopic (exact) mass is 410 g/mol. The number of sulfone groups is 1. The summed E-state index contributed by atoms with van der Waals surface area (Å²) >= 11 is 0. The minimum Gasteiger partial charge on any atom is -0.508 e. The molecule has 2 rings (SSSR count). The van der Waals surface area contributed by atoms with E-state index in [4.69, 9.17) is 0 Å². The molecule has 2 N–H and O–H groups in total. The van der Waals surface area contributed by atoms with E-state index in [0.717, 1.165) is 0 Å². The number of nitrogens with zero attached hydrogens (tertiary/aromatic N) is 4. The van der Waals surface area contributed by atoms with Crippen molar-refractivity contribution in [3.8, 4) is 22.9 Å². The molecule has 1 heterocycles. The highest BCUT2D eigenvalue weighted by atomic mass is 32.2. The molecular formula is C19H30N4O4S. The van der Waals surface area contributed by atoms with E-state index in [9.17, 15) is 18.6 Å². The number of aromatic nitrogens is 3. The second-order valence-corrected chi connectivity index (χ2v) is 9.83. The first-order valence-electron chi connectivity index (χ1n) is 9.34. The maximum absolute atomic E-state index is 12.9. The average Bonchev–Trinajstić information content (AvgIpc) is 2.99. The van der Waals surface area contributed by atoms with Crippen LogP contribution in [0.1, 0.15) is 51.6 Å². The van der Waals surface area contributed by atoms with Gasteiger partial charge < -0.3 is 15.1 Å². The Morgan fingerprint density at radius 3 is 2.25 bits per heavy atom. The average molecular weight is 411 g/mol. The van der Waals surface area contributed by atoms with Crippen molar-refractivity contribution in [1.29, 1.82) is 0 Å². The Labute approximate surface area is 166 Å². The quantitative estimate of drug-likeness (QED) is 0.689. The van der Waals surface area contributed by atoms with Crippen molar-refractivity contribution in [2.24, 2.45) is 0 Å². The van der Waals surface area contributed by atoms with Gasteiger partial charge in [-0.1, -0.05) is 13.8 Å². The van der Waals surface area contributed by atoms with Crippen molar-refractivity contribution in [2.45, 2.75) is 51.2 Å². The third kappa shape index (κ3) is 4.64. The maximum atomic E-state index is 12.9. The van der Waals surface area contributed by atoms with Gasteiger partial charge in [-0.3, -0.25) is 4.57 Å². The van der Waals surface area contributed by atoms with E-state index in [1.807, 2.05) is 46.7 Å². The lowest BCUT2D eigenvalue weighted by Gasteiger charge is -2.17. The highest BCUT2D eigenvalue weighted by Crippen LogP contribution is 2.38. The van der Waals surface area contributed by atoms with Crippen molar-refractivity contribution < 1.29 is 18.6 Å². The normalized spacial score (nSPS) is 12.5. The number of hydrogen-bond donors (Lipinski definition) is 2. The molecule has 0 bridgehead atoms. The van der Waals surface area contributed by atoms with Crippen LogP contribution in [-0.4, -0.2) is 64.7 Å². The summed E-state index contributed by atoms with van der Waals surface area (Å²) in [6.45, 7) is 8.17. The molecule has 0 radical (unpaired) electrons. The van der Waals surface area contributed by atoms with Gasteiger partial charge in [0, 0.05) is 12.1 Å². The number of phenols is 2. The lowest BCUT2D eigenvalue weighted by atomic mass is 9.98. The Morgan fingerprint density at radius 2 is 1.71 bits per heavy atom. The lowest BCUT2D eigenvalue weighted by molar-refractivity contribution is 0.407. The van der Waals surface area contributed by atoms with Crippen LogP contribution in [0.4, 0.5) is 0 Å². The van der Waals surface area contributed by atoms with Gasteiger partial charge in [-0.25, -0.2) is 8.42 Å². The minimum atomic E-state index is -3.63. The Balaban J connectivity index is 2.56. The van der Waals surface area contributed by atoms with E-state index >= 15 is 0 Å². The molecule has 1 aromatic heterocycles. The van der Waals surface area contributed by atoms with Gasteiger partial charge in [-0.05, 0) is 58.5 Å². The fourth-order valence-electron chi connectivity index (χ4n) is 3.04. The fourth-order valence-corrected chi connectivity index (χ4v) is 4.49. The van der Waals surface area contributed by atoms with E-state index in [2.05, 4.69) is 10.2 Å². The third-order valence-electron chi connectivity index (χ3n) is 4.49. The first kappa shape index (κ1) is 22.2. The molecule has 0 aliphatic carbocycles. The van der Waals surface area contributed by atoms with Crippen LogP contribution in [0.5, 0.6) is 11.5 Å². The van der Waals surface area contributed by atoms with Gasteiger partial charge in [0.2, 0.25) is 15.0 Å². The first-order chi connectivity index (χ1) is 13.0. The van der Waals surface area contributed by atoms with Crippen LogP contribution in [0.2, 0.25) is 0 Å². The largest absolute Gasteiger partial charge is 0.508 e. The van der Waals surface area contributed by atoms with E-state index < -0.39 is 9.84 Å². The summed E-state index contributed by atoms with van der Waals surface area (Å²) in [5.41, 5.74) is 0.985. The second-order valence-electron chi connectivity index (χ2n) is 7.83.